The standard InChI is InChI=1S/2C9H7NO3S.Fe/c2*11-14(12,13)8-5-1-3-7-4-2-6-10-9(7)8;/h2*1-6H,(H,11,12,13);/q;;+2/p-2. The number of para-hydroxylation sites is 2. The van der Waals surface area contributed by atoms with E-state index in [-0.39, 0.29) is 37.9 Å². The topological polar surface area (TPSA) is 140 Å². The molecule has 0 aliphatic carbocycles. The first-order valence-corrected chi connectivity index (χ1v) is 10.6. The van der Waals surface area contributed by atoms with Crippen LogP contribution >= 0.6 is 0 Å². The van der Waals surface area contributed by atoms with Crippen LogP contribution < -0.4 is 0 Å². The van der Waals surface area contributed by atoms with Gasteiger partial charge in [0.1, 0.15) is 20.2 Å². The number of benzene rings is 2. The summed E-state index contributed by atoms with van der Waals surface area (Å²) in [5.74, 6) is 0. The average Bonchev–Trinajstić information content (AvgIpc) is 2.66. The maximum atomic E-state index is 10.9. The summed E-state index contributed by atoms with van der Waals surface area (Å²) in [7, 11) is -8.88. The van der Waals surface area contributed by atoms with Gasteiger partial charge in [0.25, 0.3) is 0 Å². The maximum Gasteiger partial charge on any atom is 2.00 e. The third-order valence-electron chi connectivity index (χ3n) is 3.73. The zero-order valence-corrected chi connectivity index (χ0v) is 17.2. The van der Waals surface area contributed by atoms with E-state index in [1.54, 1.807) is 36.4 Å². The average molecular weight is 472 g/mol. The van der Waals surface area contributed by atoms with E-state index in [1.807, 2.05) is 0 Å². The first kappa shape index (κ1) is 22.9. The number of nitrogens with zero attached hydrogens (tertiary/aromatic N) is 2. The van der Waals surface area contributed by atoms with Crippen LogP contribution in [-0.2, 0) is 37.3 Å². The summed E-state index contributed by atoms with van der Waals surface area (Å²) < 4.78 is 65.1. The Hall–Kier alpha value is -2.40. The van der Waals surface area contributed by atoms with Crippen molar-refractivity contribution in [3.8, 4) is 0 Å². The van der Waals surface area contributed by atoms with Gasteiger partial charge in [0.2, 0.25) is 0 Å². The van der Waals surface area contributed by atoms with E-state index < -0.39 is 20.2 Å². The van der Waals surface area contributed by atoms with Gasteiger partial charge in [0.15, 0.2) is 0 Å². The fourth-order valence-electron chi connectivity index (χ4n) is 2.56. The van der Waals surface area contributed by atoms with Crippen molar-refractivity contribution in [1.29, 1.82) is 0 Å². The third-order valence-corrected chi connectivity index (χ3v) is 5.47. The second-order valence-corrected chi connectivity index (χ2v) is 8.27. The van der Waals surface area contributed by atoms with Crippen molar-refractivity contribution in [3.05, 3.63) is 73.1 Å². The molecular formula is C18H12FeN2O6S2. The molecule has 2 aromatic carbocycles. The first-order valence-electron chi connectivity index (χ1n) is 7.77. The monoisotopic (exact) mass is 472 g/mol. The molecule has 0 spiro atoms. The van der Waals surface area contributed by atoms with Gasteiger partial charge in [-0.2, -0.15) is 0 Å². The minimum absolute atomic E-state index is 0. The van der Waals surface area contributed by atoms with Crippen molar-refractivity contribution in [2.24, 2.45) is 0 Å². The molecule has 0 amide bonds. The molecule has 0 aliphatic heterocycles. The second kappa shape index (κ2) is 8.95. The van der Waals surface area contributed by atoms with Gasteiger partial charge in [-0.3, -0.25) is 9.97 Å². The summed E-state index contributed by atoms with van der Waals surface area (Å²) in [6.45, 7) is 0. The van der Waals surface area contributed by atoms with Crippen LogP contribution in [0, 0.1) is 0 Å². The van der Waals surface area contributed by atoms with E-state index in [4.69, 9.17) is 0 Å². The molecule has 0 atom stereocenters. The minimum atomic E-state index is -4.44. The Kier molecular flexibility index (Phi) is 7.06. The summed E-state index contributed by atoms with van der Waals surface area (Å²) in [4.78, 5) is 7.20. The van der Waals surface area contributed by atoms with E-state index in [2.05, 4.69) is 9.97 Å². The smallest absolute Gasteiger partial charge is 0.744 e. The molecule has 4 aromatic rings. The van der Waals surface area contributed by atoms with Gasteiger partial charge in [-0.05, 0) is 24.3 Å². The SMILES string of the molecule is O=S(=O)([O-])c1cccc2cccnc12.O=S(=O)([O-])c1cccc2cccnc12.[Fe+2]. The molecule has 29 heavy (non-hydrogen) atoms. The Bertz CT molecular complexity index is 1260. The quantitative estimate of drug-likeness (QED) is 0.320. The van der Waals surface area contributed by atoms with Crippen LogP contribution in [0.1, 0.15) is 0 Å². The van der Waals surface area contributed by atoms with E-state index in [1.165, 1.54) is 36.7 Å². The van der Waals surface area contributed by atoms with Crippen LogP contribution in [0.15, 0.2) is 82.8 Å². The normalized spacial score (nSPS) is 11.4. The predicted molar refractivity (Wildman–Crippen MR) is 99.4 cm³/mol. The van der Waals surface area contributed by atoms with Gasteiger partial charge in [0, 0.05) is 23.2 Å². The molecule has 8 nitrogen and oxygen atoms in total. The molecule has 2 aromatic heterocycles. The molecule has 0 unspecified atom stereocenters. The number of hydrogen-bond acceptors (Lipinski definition) is 8. The zero-order valence-electron chi connectivity index (χ0n) is 14.4. The van der Waals surface area contributed by atoms with E-state index in [9.17, 15) is 25.9 Å². The minimum Gasteiger partial charge on any atom is -0.744 e. The number of fused-ring (bicyclic) bond motifs is 2. The molecule has 0 N–H and O–H groups in total. The van der Waals surface area contributed by atoms with Crippen LogP contribution in [0.5, 0.6) is 0 Å². The second-order valence-electron chi connectivity index (χ2n) is 5.57. The molecule has 4 rings (SSSR count). The molecule has 0 saturated heterocycles. The van der Waals surface area contributed by atoms with Crippen molar-refractivity contribution < 1.29 is 43.0 Å². The van der Waals surface area contributed by atoms with Gasteiger partial charge >= 0.3 is 17.1 Å². The fourth-order valence-corrected chi connectivity index (χ4v) is 3.86. The fraction of sp³-hybridized carbons (Fsp3) is 0. The Morgan fingerprint density at radius 1 is 0.586 bits per heavy atom. The number of hydrogen-bond donors (Lipinski definition) is 0. The third kappa shape index (κ3) is 5.35. The summed E-state index contributed by atoms with van der Waals surface area (Å²) >= 11 is 0. The molecule has 11 heteroatoms. The molecule has 150 valence electrons. The van der Waals surface area contributed by atoms with Crippen molar-refractivity contribution >= 4 is 42.0 Å². The largest absolute Gasteiger partial charge is 2.00 e. The Labute approximate surface area is 177 Å². The van der Waals surface area contributed by atoms with Crippen molar-refractivity contribution in [2.75, 3.05) is 0 Å². The van der Waals surface area contributed by atoms with Gasteiger partial charge < -0.3 is 9.11 Å². The molecular weight excluding hydrogens is 460 g/mol. The van der Waals surface area contributed by atoms with E-state index >= 15 is 0 Å². The van der Waals surface area contributed by atoms with Crippen molar-refractivity contribution in [3.63, 3.8) is 0 Å². The molecule has 0 bridgehead atoms. The van der Waals surface area contributed by atoms with Crippen molar-refractivity contribution in [1.82, 2.24) is 9.97 Å². The molecule has 0 aliphatic rings. The summed E-state index contributed by atoms with van der Waals surface area (Å²) in [6, 6.07) is 15.8. The van der Waals surface area contributed by atoms with Gasteiger partial charge in [-0.15, -0.1) is 0 Å². The summed E-state index contributed by atoms with van der Waals surface area (Å²) in [5, 5.41) is 1.29. The van der Waals surface area contributed by atoms with Crippen LogP contribution in [0.2, 0.25) is 0 Å². The Morgan fingerprint density at radius 3 is 1.28 bits per heavy atom. The molecule has 0 saturated carbocycles. The van der Waals surface area contributed by atoms with E-state index in [0.29, 0.717) is 10.8 Å². The Morgan fingerprint density at radius 2 is 0.931 bits per heavy atom. The van der Waals surface area contributed by atoms with Gasteiger partial charge in [-0.1, -0.05) is 36.4 Å². The summed E-state index contributed by atoms with van der Waals surface area (Å²) in [5.41, 5.74) is 0.454. The van der Waals surface area contributed by atoms with Crippen LogP contribution in [-0.4, -0.2) is 35.9 Å². The van der Waals surface area contributed by atoms with Crippen molar-refractivity contribution in [2.45, 2.75) is 9.79 Å². The summed E-state index contributed by atoms with van der Waals surface area (Å²) in [6.07, 6.45) is 2.91. The van der Waals surface area contributed by atoms with E-state index in [0.717, 1.165) is 0 Å². The van der Waals surface area contributed by atoms with Crippen LogP contribution in [0.25, 0.3) is 21.8 Å². The number of pyridine rings is 2. The zero-order chi connectivity index (χ0) is 20.4. The van der Waals surface area contributed by atoms with Gasteiger partial charge in [0.05, 0.1) is 20.8 Å². The Balaban J connectivity index is 0.000000200. The number of rotatable bonds is 2. The molecule has 0 radical (unpaired) electrons. The van der Waals surface area contributed by atoms with Crippen LogP contribution in [0.4, 0.5) is 0 Å². The number of aromatic nitrogens is 2. The van der Waals surface area contributed by atoms with Gasteiger partial charge in [-0.25, -0.2) is 16.8 Å². The maximum absolute atomic E-state index is 10.9. The van der Waals surface area contributed by atoms with Crippen LogP contribution in [0.3, 0.4) is 0 Å². The first-order chi connectivity index (χ1) is 13.2. The molecule has 2 heterocycles. The predicted octanol–water partition coefficient (Wildman–Crippen LogP) is 2.28. The molecule has 0 fully saturated rings.